The van der Waals surface area contributed by atoms with Crippen molar-refractivity contribution < 1.29 is 41.7 Å². The monoisotopic (exact) mass is 1070 g/mol. The summed E-state index contributed by atoms with van der Waals surface area (Å²) >= 11 is 0. The first kappa shape index (κ1) is 52.8. The van der Waals surface area contributed by atoms with Crippen LogP contribution in [-0.4, -0.2) is 108 Å². The van der Waals surface area contributed by atoms with Gasteiger partial charge in [-0.3, -0.25) is 14.4 Å². The van der Waals surface area contributed by atoms with E-state index in [2.05, 4.69) is 25.5 Å². The lowest BCUT2D eigenvalue weighted by atomic mass is 9.92. The van der Waals surface area contributed by atoms with E-state index >= 15 is 0 Å². The van der Waals surface area contributed by atoms with E-state index in [0.717, 1.165) is 69.9 Å². The third-order valence-electron chi connectivity index (χ3n) is 14.6. The molecule has 2 N–H and O–H groups in total. The highest BCUT2D eigenvalue weighted by Gasteiger charge is 2.36. The number of ether oxygens (including phenoxy) is 4. The summed E-state index contributed by atoms with van der Waals surface area (Å²) < 4.78 is 51.0. The lowest BCUT2D eigenvalue weighted by Crippen LogP contribution is -2.46. The van der Waals surface area contributed by atoms with Gasteiger partial charge in [0.05, 0.1) is 56.8 Å². The molecule has 0 unspecified atom stereocenters. The Morgan fingerprint density at radius 2 is 1.44 bits per heavy atom. The second-order valence-corrected chi connectivity index (χ2v) is 21.4. The van der Waals surface area contributed by atoms with E-state index in [1.807, 2.05) is 109 Å². The molecular formula is C60H62N8O9S. The third-order valence-corrected chi connectivity index (χ3v) is 15.6. The zero-order valence-electron chi connectivity index (χ0n) is 44.3. The molecule has 4 heterocycles. The van der Waals surface area contributed by atoms with Crippen molar-refractivity contribution in [2.45, 2.75) is 32.6 Å². The van der Waals surface area contributed by atoms with E-state index in [0.29, 0.717) is 79.5 Å². The summed E-state index contributed by atoms with van der Waals surface area (Å²) in [4.78, 5) is 55.4. The zero-order valence-corrected chi connectivity index (χ0v) is 45.1. The predicted octanol–water partition coefficient (Wildman–Crippen LogP) is 10.4. The fourth-order valence-corrected chi connectivity index (χ4v) is 11.3. The first-order valence-corrected chi connectivity index (χ1v) is 27.9. The highest BCUT2D eigenvalue weighted by molar-refractivity contribution is 7.92. The van der Waals surface area contributed by atoms with Crippen LogP contribution >= 0.6 is 0 Å². The van der Waals surface area contributed by atoms with E-state index in [1.165, 1.54) is 11.1 Å². The van der Waals surface area contributed by atoms with Crippen molar-refractivity contribution in [3.8, 4) is 45.3 Å². The minimum atomic E-state index is -3.93. The number of carbonyl (C=O) groups excluding carboxylic acids is 3. The number of carbonyl (C=O) groups is 3. The van der Waals surface area contributed by atoms with Crippen LogP contribution in [0.3, 0.4) is 0 Å². The molecule has 2 saturated heterocycles. The van der Waals surface area contributed by atoms with Gasteiger partial charge in [0.1, 0.15) is 28.7 Å². The molecule has 1 aromatic heterocycles. The Bertz CT molecular complexity index is 3450. The van der Waals surface area contributed by atoms with E-state index in [-0.39, 0.29) is 52.3 Å². The van der Waals surface area contributed by atoms with E-state index < -0.39 is 10.0 Å². The number of amides is 3. The molecule has 0 spiro atoms. The number of hydrogen-bond acceptors (Lipinski definition) is 13. The van der Waals surface area contributed by atoms with Crippen molar-refractivity contribution in [1.82, 2.24) is 14.9 Å². The van der Waals surface area contributed by atoms with E-state index in [4.69, 9.17) is 18.9 Å². The van der Waals surface area contributed by atoms with Crippen molar-refractivity contribution >= 4 is 67.9 Å². The minimum absolute atomic E-state index is 0.0408. The van der Waals surface area contributed by atoms with Gasteiger partial charge in [-0.2, -0.15) is 4.98 Å². The molecular weight excluding hydrogens is 1010 g/mol. The Balaban J connectivity index is 0.685. The zero-order chi connectivity index (χ0) is 54.5. The van der Waals surface area contributed by atoms with Gasteiger partial charge in [0.2, 0.25) is 21.9 Å². The van der Waals surface area contributed by atoms with Crippen molar-refractivity contribution in [2.24, 2.45) is 11.8 Å². The van der Waals surface area contributed by atoms with Crippen LogP contribution in [0.1, 0.15) is 53.3 Å². The number of fused-ring (bicyclic) bond motifs is 2. The number of aromatic nitrogens is 2. The summed E-state index contributed by atoms with van der Waals surface area (Å²) in [6, 6.07) is 41.1. The molecule has 10 rings (SSSR count). The number of para-hydroxylation sites is 1. The maximum Gasteiger partial charge on any atom is 0.260 e. The van der Waals surface area contributed by atoms with Crippen LogP contribution in [0.4, 0.5) is 40.2 Å². The molecule has 2 fully saturated rings. The molecule has 3 aliphatic heterocycles. The Hall–Kier alpha value is -8.64. The average Bonchev–Trinajstić information content (AvgIpc) is 3.76. The first-order valence-electron chi connectivity index (χ1n) is 26.1. The summed E-state index contributed by atoms with van der Waals surface area (Å²) in [5.41, 5.74) is 7.09. The molecule has 3 aliphatic rings. The number of hydrogen-bond donors (Lipinski definition) is 2. The van der Waals surface area contributed by atoms with Crippen molar-refractivity contribution in [1.29, 1.82) is 0 Å². The highest BCUT2D eigenvalue weighted by atomic mass is 32.2. The Morgan fingerprint density at radius 1 is 0.705 bits per heavy atom. The fraction of sp³-hybridized carbons (Fsp3) is 0.283. The summed E-state index contributed by atoms with van der Waals surface area (Å²) in [6.07, 6.45) is 5.74. The number of nitrogens with one attached hydrogen (secondary N) is 2. The molecule has 17 nitrogen and oxygen atoms in total. The van der Waals surface area contributed by atoms with Gasteiger partial charge in [0, 0.05) is 67.7 Å². The number of piperidine rings is 2. The average molecular weight is 1070 g/mol. The van der Waals surface area contributed by atoms with Gasteiger partial charge in [-0.05, 0) is 134 Å². The lowest BCUT2D eigenvalue weighted by molar-refractivity contribution is -0.137. The van der Waals surface area contributed by atoms with Crippen molar-refractivity contribution in [2.75, 3.05) is 91.7 Å². The first-order chi connectivity index (χ1) is 37.8. The van der Waals surface area contributed by atoms with Crippen LogP contribution in [0.25, 0.3) is 22.3 Å². The SMILES string of the molecule is CCOc1cc(N2CCC(C(=O)N3CCC(COc4ccc(-c5ccc(NC(=O)c6ccc(OC)c(-c7cccc(OC)c7)c6)cc5)cc4)CC3)CC2)ccc1Nc1ncc2c(n1)N(S(C)(=O)=O)c1ccccc1C(=O)N2C. The van der Waals surface area contributed by atoms with Crippen LogP contribution in [0.2, 0.25) is 0 Å². The van der Waals surface area contributed by atoms with E-state index in [9.17, 15) is 22.8 Å². The van der Waals surface area contributed by atoms with Crippen LogP contribution in [0.5, 0.6) is 23.0 Å². The summed E-state index contributed by atoms with van der Waals surface area (Å²) in [5.74, 6) is 2.79. The minimum Gasteiger partial charge on any atom is -0.497 e. The van der Waals surface area contributed by atoms with Gasteiger partial charge in [0.15, 0.2) is 5.82 Å². The molecule has 402 valence electrons. The molecule has 0 atom stereocenters. The van der Waals surface area contributed by atoms with Gasteiger partial charge < -0.3 is 44.3 Å². The Kier molecular flexibility index (Phi) is 15.5. The number of rotatable bonds is 16. The van der Waals surface area contributed by atoms with Crippen molar-refractivity contribution in [3.63, 3.8) is 0 Å². The van der Waals surface area contributed by atoms with Gasteiger partial charge in [-0.1, -0.05) is 48.5 Å². The van der Waals surface area contributed by atoms with Crippen LogP contribution in [-0.2, 0) is 14.8 Å². The number of nitrogens with zero attached hydrogens (tertiary/aromatic N) is 6. The predicted molar refractivity (Wildman–Crippen MR) is 304 cm³/mol. The van der Waals surface area contributed by atoms with Crippen LogP contribution < -0.4 is 43.7 Å². The molecule has 6 aromatic carbocycles. The summed E-state index contributed by atoms with van der Waals surface area (Å²) in [5, 5.41) is 6.24. The highest BCUT2D eigenvalue weighted by Crippen LogP contribution is 2.42. The van der Waals surface area contributed by atoms with Crippen molar-refractivity contribution in [3.05, 3.63) is 151 Å². The van der Waals surface area contributed by atoms with Gasteiger partial charge in [-0.25, -0.2) is 17.7 Å². The smallest absolute Gasteiger partial charge is 0.260 e. The topological polar surface area (TPSA) is 185 Å². The maximum atomic E-state index is 13.8. The number of anilines is 7. The second kappa shape index (κ2) is 22.9. The second-order valence-electron chi connectivity index (χ2n) is 19.6. The summed E-state index contributed by atoms with van der Waals surface area (Å²) in [6.45, 7) is 5.72. The van der Waals surface area contributed by atoms with Gasteiger partial charge in [0.25, 0.3) is 11.8 Å². The molecule has 18 heteroatoms. The normalized spacial score (nSPS) is 15.0. The molecule has 3 amide bonds. The fourth-order valence-electron chi connectivity index (χ4n) is 10.3. The number of sulfonamides is 1. The molecule has 7 aromatic rings. The third kappa shape index (κ3) is 11.4. The van der Waals surface area contributed by atoms with Gasteiger partial charge in [-0.15, -0.1) is 0 Å². The molecule has 78 heavy (non-hydrogen) atoms. The Morgan fingerprint density at radius 3 is 2.14 bits per heavy atom. The molecule has 0 radical (unpaired) electrons. The lowest BCUT2D eigenvalue weighted by Gasteiger charge is -2.38. The van der Waals surface area contributed by atoms with Crippen LogP contribution in [0, 0.1) is 11.8 Å². The maximum absolute atomic E-state index is 13.8. The molecule has 0 bridgehead atoms. The van der Waals surface area contributed by atoms with Gasteiger partial charge >= 0.3 is 0 Å². The quantitative estimate of drug-likeness (QED) is 0.0932. The van der Waals surface area contributed by atoms with E-state index in [1.54, 1.807) is 57.7 Å². The summed E-state index contributed by atoms with van der Waals surface area (Å²) in [7, 11) is 0.862. The van der Waals surface area contributed by atoms with Crippen LogP contribution in [0.15, 0.2) is 140 Å². The Labute approximate surface area is 454 Å². The molecule has 0 saturated carbocycles. The number of likely N-dealkylation sites (tertiary alicyclic amines) is 1. The standard InChI is InChI=1S/C60H62N8O9S/c1-6-76-55-36-46(21-24-51(55)63-60-61-37-53-56(64-60)68(78(5,72)73)52-13-8-7-12-49(52)59(71)65(53)2)66-32-28-42(29-33-66)58(70)67-30-26-39(27-31-67)38-77-47-22-16-41(17-23-47)40-14-19-45(20-15-40)62-57(69)44-18-25-54(75-4)50(35-44)43-10-9-11-48(34-43)74-3/h7-25,34-37,39,42H,6,26-33,38H2,1-5H3,(H,62,69)(H,61,63,64). The largest absolute Gasteiger partial charge is 0.497 e. The number of methoxy groups -OCH3 is 2. The molecule has 0 aliphatic carbocycles. The number of benzene rings is 6.